The highest BCUT2D eigenvalue weighted by atomic mass is 35.5. The van der Waals surface area contributed by atoms with E-state index in [2.05, 4.69) is 12.2 Å². The summed E-state index contributed by atoms with van der Waals surface area (Å²) in [5, 5.41) is 4.26. The Hall–Kier alpha value is -2.49. The van der Waals surface area contributed by atoms with Crippen molar-refractivity contribution in [2.75, 3.05) is 5.32 Å². The van der Waals surface area contributed by atoms with Crippen molar-refractivity contribution in [2.45, 2.75) is 32.6 Å². The highest BCUT2D eigenvalue weighted by molar-refractivity contribution is 6.39. The normalized spacial score (nSPS) is 10.6. The van der Waals surface area contributed by atoms with Crippen LogP contribution in [0.2, 0.25) is 10.0 Å². The van der Waals surface area contributed by atoms with Crippen molar-refractivity contribution in [2.24, 2.45) is 0 Å². The second-order valence-electron chi connectivity index (χ2n) is 6.78. The number of carbonyl (C=O) groups excluding carboxylic acids is 1. The molecule has 0 amide bonds. The molecule has 3 aromatic carbocycles. The van der Waals surface area contributed by atoms with Gasteiger partial charge in [-0.25, -0.2) is 0 Å². The lowest BCUT2D eigenvalue weighted by Gasteiger charge is -2.14. The third kappa shape index (κ3) is 5.99. The van der Waals surface area contributed by atoms with Gasteiger partial charge in [0.15, 0.2) is 0 Å². The van der Waals surface area contributed by atoms with Crippen molar-refractivity contribution in [3.05, 3.63) is 87.9 Å². The zero-order valence-corrected chi connectivity index (χ0v) is 17.8. The molecule has 0 unspecified atom stereocenters. The first-order chi connectivity index (χ1) is 14.1. The van der Waals surface area contributed by atoms with Crippen LogP contribution in [0.1, 0.15) is 30.9 Å². The topological polar surface area (TPSA) is 38.3 Å². The van der Waals surface area contributed by atoms with Crippen molar-refractivity contribution in [3.8, 4) is 5.75 Å². The molecule has 1 N–H and O–H groups in total. The van der Waals surface area contributed by atoms with Gasteiger partial charge in [0.05, 0.1) is 22.2 Å². The molecule has 5 heteroatoms. The molecule has 0 radical (unpaired) electrons. The van der Waals surface area contributed by atoms with Gasteiger partial charge in [0, 0.05) is 5.69 Å². The summed E-state index contributed by atoms with van der Waals surface area (Å²) >= 11 is 12.5. The number of hydrogen-bond donors (Lipinski definition) is 1. The Morgan fingerprint density at radius 2 is 1.62 bits per heavy atom. The van der Waals surface area contributed by atoms with E-state index in [4.69, 9.17) is 27.9 Å². The molecule has 3 nitrogen and oxygen atoms in total. The Labute approximate surface area is 181 Å². The van der Waals surface area contributed by atoms with Crippen LogP contribution in [-0.4, -0.2) is 5.97 Å². The van der Waals surface area contributed by atoms with Gasteiger partial charge in [-0.3, -0.25) is 4.79 Å². The Morgan fingerprint density at radius 1 is 0.931 bits per heavy atom. The third-order valence-electron chi connectivity index (χ3n) is 4.55. The fraction of sp³-hybridized carbons (Fsp3) is 0.208. The fourth-order valence-corrected chi connectivity index (χ4v) is 3.47. The van der Waals surface area contributed by atoms with Gasteiger partial charge in [0.1, 0.15) is 5.75 Å². The number of unbranched alkanes of at least 4 members (excludes halogenated alkanes) is 1. The predicted molar refractivity (Wildman–Crippen MR) is 121 cm³/mol. The van der Waals surface area contributed by atoms with E-state index in [1.54, 1.807) is 18.2 Å². The number of para-hydroxylation sites is 2. The van der Waals surface area contributed by atoms with E-state index >= 15 is 0 Å². The number of anilines is 2. The van der Waals surface area contributed by atoms with Gasteiger partial charge in [-0.1, -0.05) is 72.9 Å². The summed E-state index contributed by atoms with van der Waals surface area (Å²) in [7, 11) is 0. The summed E-state index contributed by atoms with van der Waals surface area (Å²) in [6.07, 6.45) is 3.47. The first-order valence-electron chi connectivity index (χ1n) is 9.65. The zero-order valence-electron chi connectivity index (χ0n) is 16.3. The average molecular weight is 428 g/mol. The second-order valence-corrected chi connectivity index (χ2v) is 7.59. The first kappa shape index (κ1) is 21.2. The summed E-state index contributed by atoms with van der Waals surface area (Å²) in [4.78, 5) is 12.5. The molecule has 150 valence electrons. The molecule has 0 aliphatic rings. The second kappa shape index (κ2) is 10.3. The molecule has 3 rings (SSSR count). The maximum Gasteiger partial charge on any atom is 0.315 e. The molecule has 0 fully saturated rings. The molecule has 0 bridgehead atoms. The number of benzene rings is 3. The van der Waals surface area contributed by atoms with E-state index in [9.17, 15) is 4.79 Å². The molecule has 29 heavy (non-hydrogen) atoms. The summed E-state index contributed by atoms with van der Waals surface area (Å²) < 4.78 is 5.51. The van der Waals surface area contributed by atoms with Crippen LogP contribution in [0.3, 0.4) is 0 Å². The molecular weight excluding hydrogens is 405 g/mol. The Bertz CT molecular complexity index is 951. The van der Waals surface area contributed by atoms with Crippen molar-refractivity contribution in [1.29, 1.82) is 0 Å². The molecule has 0 saturated heterocycles. The Kier molecular flexibility index (Phi) is 7.56. The molecular formula is C24H23Cl2NO2. The number of hydrogen-bond acceptors (Lipinski definition) is 3. The van der Waals surface area contributed by atoms with Gasteiger partial charge in [-0.15, -0.1) is 0 Å². The molecule has 0 heterocycles. The van der Waals surface area contributed by atoms with Crippen LogP contribution in [-0.2, 0) is 17.6 Å². The SMILES string of the molecule is CCCCc1ccc(OC(=O)Cc2ccccc2Nc2c(Cl)cccc2Cl)cc1. The number of ether oxygens (including phenoxy) is 1. The minimum absolute atomic E-state index is 0.128. The molecule has 0 aliphatic carbocycles. The van der Waals surface area contributed by atoms with Gasteiger partial charge in [-0.2, -0.15) is 0 Å². The van der Waals surface area contributed by atoms with Gasteiger partial charge in [-0.05, 0) is 54.3 Å². The summed E-state index contributed by atoms with van der Waals surface area (Å²) in [6.45, 7) is 2.17. The lowest BCUT2D eigenvalue weighted by Crippen LogP contribution is -2.12. The lowest BCUT2D eigenvalue weighted by atomic mass is 10.1. The maximum absolute atomic E-state index is 12.5. The van der Waals surface area contributed by atoms with Crippen molar-refractivity contribution < 1.29 is 9.53 Å². The number of esters is 1. The highest BCUT2D eigenvalue weighted by Crippen LogP contribution is 2.33. The first-order valence-corrected chi connectivity index (χ1v) is 10.4. The summed E-state index contributed by atoms with van der Waals surface area (Å²) in [5.74, 6) is 0.223. The van der Waals surface area contributed by atoms with Crippen LogP contribution in [0.15, 0.2) is 66.7 Å². The van der Waals surface area contributed by atoms with E-state index in [0.29, 0.717) is 21.5 Å². The standard InChI is InChI=1S/C24H23Cl2NO2/c1-2-3-7-17-12-14-19(15-13-17)29-23(28)16-18-8-4-5-11-22(18)27-24-20(25)9-6-10-21(24)26/h4-6,8-15,27H,2-3,7,16H2,1H3. The summed E-state index contributed by atoms with van der Waals surface area (Å²) in [6, 6.07) is 20.5. The number of halogens is 2. The molecule has 3 aromatic rings. The Balaban J connectivity index is 1.68. The van der Waals surface area contributed by atoms with Gasteiger partial charge in [0.2, 0.25) is 0 Å². The summed E-state index contributed by atoms with van der Waals surface area (Å²) in [5.41, 5.74) is 3.42. The number of carbonyl (C=O) groups is 1. The van der Waals surface area contributed by atoms with Gasteiger partial charge < -0.3 is 10.1 Å². The lowest BCUT2D eigenvalue weighted by molar-refractivity contribution is -0.133. The van der Waals surface area contributed by atoms with E-state index in [1.807, 2.05) is 48.5 Å². The zero-order chi connectivity index (χ0) is 20.6. The Morgan fingerprint density at radius 3 is 2.31 bits per heavy atom. The van der Waals surface area contributed by atoms with Crippen LogP contribution >= 0.6 is 23.2 Å². The fourth-order valence-electron chi connectivity index (χ4n) is 2.98. The van der Waals surface area contributed by atoms with Gasteiger partial charge in [0.25, 0.3) is 0 Å². The van der Waals surface area contributed by atoms with Gasteiger partial charge >= 0.3 is 5.97 Å². The third-order valence-corrected chi connectivity index (χ3v) is 5.18. The molecule has 0 aromatic heterocycles. The maximum atomic E-state index is 12.5. The number of rotatable bonds is 8. The van der Waals surface area contributed by atoms with E-state index in [0.717, 1.165) is 30.5 Å². The molecule has 0 atom stereocenters. The van der Waals surface area contributed by atoms with E-state index < -0.39 is 0 Å². The van der Waals surface area contributed by atoms with Crippen LogP contribution in [0, 0.1) is 0 Å². The molecule has 0 aliphatic heterocycles. The van der Waals surface area contributed by atoms with E-state index in [1.165, 1.54) is 5.56 Å². The average Bonchev–Trinajstić information content (AvgIpc) is 2.71. The molecule has 0 saturated carbocycles. The monoisotopic (exact) mass is 427 g/mol. The van der Waals surface area contributed by atoms with E-state index in [-0.39, 0.29) is 12.4 Å². The molecule has 0 spiro atoms. The minimum Gasteiger partial charge on any atom is -0.426 e. The van der Waals surface area contributed by atoms with Crippen molar-refractivity contribution >= 4 is 40.5 Å². The van der Waals surface area contributed by atoms with Crippen molar-refractivity contribution in [1.82, 2.24) is 0 Å². The van der Waals surface area contributed by atoms with Crippen LogP contribution in [0.25, 0.3) is 0 Å². The predicted octanol–water partition coefficient (Wildman–Crippen LogP) is 7.23. The van der Waals surface area contributed by atoms with Crippen LogP contribution in [0.4, 0.5) is 11.4 Å². The minimum atomic E-state index is -0.328. The number of aryl methyl sites for hydroxylation is 1. The smallest absolute Gasteiger partial charge is 0.315 e. The van der Waals surface area contributed by atoms with Crippen LogP contribution < -0.4 is 10.1 Å². The number of nitrogens with one attached hydrogen (secondary N) is 1. The quantitative estimate of drug-likeness (QED) is 0.304. The van der Waals surface area contributed by atoms with Crippen molar-refractivity contribution in [3.63, 3.8) is 0 Å². The van der Waals surface area contributed by atoms with Crippen LogP contribution in [0.5, 0.6) is 5.75 Å². The highest BCUT2D eigenvalue weighted by Gasteiger charge is 2.13. The largest absolute Gasteiger partial charge is 0.426 e.